The van der Waals surface area contributed by atoms with Crippen LogP contribution in [0.25, 0.3) is 0 Å². The topological polar surface area (TPSA) is 45.1 Å². The number of aliphatic imine (C=N–C) groups is 1. The Labute approximate surface area is 103 Å². The van der Waals surface area contributed by atoms with E-state index in [1.54, 1.807) is 14.0 Å². The lowest BCUT2D eigenvalue weighted by atomic mass is 10.2. The van der Waals surface area contributed by atoms with Gasteiger partial charge >= 0.3 is 0 Å². The van der Waals surface area contributed by atoms with Crippen LogP contribution in [0, 0.1) is 0 Å². The van der Waals surface area contributed by atoms with E-state index in [1.165, 1.54) is 0 Å². The molecule has 0 aliphatic heterocycles. The van der Waals surface area contributed by atoms with Crippen LogP contribution in [0.4, 0.5) is 0 Å². The summed E-state index contributed by atoms with van der Waals surface area (Å²) in [4.78, 5) is 6.15. The predicted molar refractivity (Wildman–Crippen MR) is 67.9 cm³/mol. The molecule has 0 rings (SSSR count). The van der Waals surface area contributed by atoms with Crippen molar-refractivity contribution < 1.29 is 9.84 Å². The fourth-order valence-corrected chi connectivity index (χ4v) is 1.54. The Morgan fingerprint density at radius 2 is 2.12 bits per heavy atom. The van der Waals surface area contributed by atoms with Crippen molar-refractivity contribution in [3.63, 3.8) is 0 Å². The van der Waals surface area contributed by atoms with Crippen LogP contribution in [-0.2, 0) is 4.74 Å². The highest BCUT2D eigenvalue weighted by atomic mass is 35.5. The number of hydrogen-bond acceptors (Lipinski definition) is 4. The van der Waals surface area contributed by atoms with Gasteiger partial charge in [0.2, 0.25) is 0 Å². The summed E-state index contributed by atoms with van der Waals surface area (Å²) in [5.41, 5.74) is 1.60. The fraction of sp³-hybridized carbons (Fsp3) is 0.727. The SMILES string of the molecule is CC/C(=C(/CO)N=C(C)Cl)N(C)CCOC. The second kappa shape index (κ2) is 8.56. The third kappa shape index (κ3) is 5.49. The summed E-state index contributed by atoms with van der Waals surface area (Å²) in [5, 5.41) is 9.70. The van der Waals surface area contributed by atoms with Gasteiger partial charge in [-0.1, -0.05) is 18.5 Å². The summed E-state index contributed by atoms with van der Waals surface area (Å²) in [7, 11) is 3.61. The maximum absolute atomic E-state index is 9.27. The number of ether oxygens (including phenoxy) is 1. The van der Waals surface area contributed by atoms with Crippen molar-refractivity contribution in [2.75, 3.05) is 33.9 Å². The van der Waals surface area contributed by atoms with Gasteiger partial charge in [0, 0.05) is 26.4 Å². The number of hydrogen-bond donors (Lipinski definition) is 1. The first-order valence-electron chi connectivity index (χ1n) is 5.30. The van der Waals surface area contributed by atoms with E-state index in [0.29, 0.717) is 17.5 Å². The highest BCUT2D eigenvalue weighted by Gasteiger charge is 2.09. The van der Waals surface area contributed by atoms with Gasteiger partial charge in [0.25, 0.3) is 0 Å². The molecule has 0 unspecified atom stereocenters. The van der Waals surface area contributed by atoms with Gasteiger partial charge in [-0.3, -0.25) is 0 Å². The van der Waals surface area contributed by atoms with Crippen molar-refractivity contribution in [3.8, 4) is 0 Å². The molecule has 0 aromatic carbocycles. The maximum Gasteiger partial charge on any atom is 0.103 e. The molecule has 0 heterocycles. The molecule has 0 aliphatic carbocycles. The lowest BCUT2D eigenvalue weighted by Gasteiger charge is -2.23. The van der Waals surface area contributed by atoms with Crippen LogP contribution in [0.1, 0.15) is 20.3 Å². The Morgan fingerprint density at radius 1 is 1.50 bits per heavy atom. The van der Waals surface area contributed by atoms with Crippen LogP contribution in [0.2, 0.25) is 0 Å². The molecular formula is C11H21ClN2O2. The van der Waals surface area contributed by atoms with Gasteiger partial charge in [-0.2, -0.15) is 0 Å². The Bertz CT molecular complexity index is 261. The summed E-state index contributed by atoms with van der Waals surface area (Å²) >= 11 is 5.72. The molecule has 0 saturated heterocycles. The van der Waals surface area contributed by atoms with Crippen molar-refractivity contribution in [2.45, 2.75) is 20.3 Å². The van der Waals surface area contributed by atoms with E-state index in [0.717, 1.165) is 18.7 Å². The summed E-state index contributed by atoms with van der Waals surface area (Å²) < 4.78 is 5.01. The normalized spacial score (nSPS) is 13.8. The van der Waals surface area contributed by atoms with Gasteiger partial charge in [0.05, 0.1) is 18.9 Å². The summed E-state index contributed by atoms with van der Waals surface area (Å²) in [6.45, 7) is 5.01. The Balaban J connectivity index is 4.87. The maximum atomic E-state index is 9.27. The minimum absolute atomic E-state index is 0.107. The van der Waals surface area contributed by atoms with E-state index in [4.69, 9.17) is 16.3 Å². The molecule has 0 aromatic heterocycles. The summed E-state index contributed by atoms with van der Waals surface area (Å²) in [5.74, 6) is 0. The summed E-state index contributed by atoms with van der Waals surface area (Å²) in [6, 6.07) is 0. The quantitative estimate of drug-likeness (QED) is 0.700. The minimum Gasteiger partial charge on any atom is -0.390 e. The van der Waals surface area contributed by atoms with Gasteiger partial charge in [-0.25, -0.2) is 4.99 Å². The van der Waals surface area contributed by atoms with Crippen LogP contribution >= 0.6 is 11.6 Å². The van der Waals surface area contributed by atoms with E-state index in [2.05, 4.69) is 4.99 Å². The Hall–Kier alpha value is -0.580. The molecule has 0 amide bonds. The smallest absolute Gasteiger partial charge is 0.103 e. The van der Waals surface area contributed by atoms with Crippen LogP contribution < -0.4 is 0 Å². The molecule has 0 bridgehead atoms. The third-order valence-electron chi connectivity index (χ3n) is 2.20. The molecule has 0 radical (unpaired) electrons. The zero-order valence-corrected chi connectivity index (χ0v) is 11.2. The average Bonchev–Trinajstić information content (AvgIpc) is 2.25. The molecule has 5 heteroatoms. The first kappa shape index (κ1) is 15.4. The van der Waals surface area contributed by atoms with E-state index < -0.39 is 0 Å². The Morgan fingerprint density at radius 3 is 2.50 bits per heavy atom. The average molecular weight is 249 g/mol. The van der Waals surface area contributed by atoms with Crippen LogP contribution in [0.3, 0.4) is 0 Å². The Kier molecular flexibility index (Phi) is 8.25. The lowest BCUT2D eigenvalue weighted by molar-refractivity contribution is 0.171. The highest BCUT2D eigenvalue weighted by molar-refractivity contribution is 6.64. The molecule has 1 N–H and O–H groups in total. The zero-order valence-electron chi connectivity index (χ0n) is 10.5. The fourth-order valence-electron chi connectivity index (χ4n) is 1.43. The second-order valence-electron chi connectivity index (χ2n) is 3.43. The molecule has 0 spiro atoms. The van der Waals surface area contributed by atoms with E-state index >= 15 is 0 Å². The van der Waals surface area contributed by atoms with Crippen molar-refractivity contribution in [3.05, 3.63) is 11.4 Å². The zero-order chi connectivity index (χ0) is 12.6. The van der Waals surface area contributed by atoms with Crippen molar-refractivity contribution in [1.82, 2.24) is 4.90 Å². The molecule has 4 nitrogen and oxygen atoms in total. The van der Waals surface area contributed by atoms with Gasteiger partial charge in [0.1, 0.15) is 5.17 Å². The van der Waals surface area contributed by atoms with E-state index in [-0.39, 0.29) is 6.61 Å². The molecule has 0 atom stereocenters. The predicted octanol–water partition coefficient (Wildman–Crippen LogP) is 1.84. The number of likely N-dealkylation sites (N-methyl/N-ethyl adjacent to an activating group) is 1. The molecule has 94 valence electrons. The number of aliphatic hydroxyl groups is 1. The molecule has 0 aliphatic rings. The van der Waals surface area contributed by atoms with Crippen LogP contribution in [-0.4, -0.2) is 49.1 Å². The van der Waals surface area contributed by atoms with Gasteiger partial charge in [0.15, 0.2) is 0 Å². The highest BCUT2D eigenvalue weighted by Crippen LogP contribution is 2.14. The number of nitrogens with zero attached hydrogens (tertiary/aromatic N) is 2. The van der Waals surface area contributed by atoms with Crippen molar-refractivity contribution >= 4 is 16.8 Å². The minimum atomic E-state index is -0.107. The first-order valence-corrected chi connectivity index (χ1v) is 5.68. The molecule has 16 heavy (non-hydrogen) atoms. The molecule has 0 fully saturated rings. The van der Waals surface area contributed by atoms with Crippen LogP contribution in [0.5, 0.6) is 0 Å². The van der Waals surface area contributed by atoms with E-state index in [9.17, 15) is 5.11 Å². The number of methoxy groups -OCH3 is 1. The molecule has 0 saturated carbocycles. The number of rotatable bonds is 7. The number of aliphatic hydroxyl groups excluding tert-OH is 1. The van der Waals surface area contributed by atoms with Gasteiger partial charge < -0.3 is 14.7 Å². The first-order chi connectivity index (χ1) is 7.56. The summed E-state index contributed by atoms with van der Waals surface area (Å²) in [6.07, 6.45) is 0.795. The number of allylic oxidation sites excluding steroid dienone is 1. The van der Waals surface area contributed by atoms with Gasteiger partial charge in [-0.15, -0.1) is 0 Å². The largest absolute Gasteiger partial charge is 0.390 e. The van der Waals surface area contributed by atoms with Crippen molar-refractivity contribution in [2.24, 2.45) is 4.99 Å². The van der Waals surface area contributed by atoms with Crippen LogP contribution in [0.15, 0.2) is 16.4 Å². The molecular weight excluding hydrogens is 228 g/mol. The third-order valence-corrected chi connectivity index (χ3v) is 2.28. The van der Waals surface area contributed by atoms with Gasteiger partial charge in [-0.05, 0) is 13.3 Å². The number of halogens is 1. The monoisotopic (exact) mass is 248 g/mol. The standard InChI is InChI=1S/C11H21ClN2O2/c1-5-11(14(3)6-7-16-4)10(8-15)13-9(2)12/h15H,5-8H2,1-4H3/b11-10+,13-9?. The van der Waals surface area contributed by atoms with E-state index in [1.807, 2.05) is 18.9 Å². The lowest BCUT2D eigenvalue weighted by Crippen LogP contribution is -2.24. The second-order valence-corrected chi connectivity index (χ2v) is 3.98. The van der Waals surface area contributed by atoms with Crippen molar-refractivity contribution in [1.29, 1.82) is 0 Å². The molecule has 0 aromatic rings.